The van der Waals surface area contributed by atoms with Gasteiger partial charge in [0.25, 0.3) is 0 Å². The van der Waals surface area contributed by atoms with Gasteiger partial charge in [-0.1, -0.05) is 151 Å². The first-order valence-corrected chi connectivity index (χ1v) is 29.1. The van der Waals surface area contributed by atoms with E-state index in [1.807, 2.05) is 11.3 Å². The molecule has 0 unspecified atom stereocenters. The third-order valence-electron chi connectivity index (χ3n) is 20.4. The molecule has 16 rings (SSSR count). The summed E-state index contributed by atoms with van der Waals surface area (Å²) in [6, 6.07) is 48.5. The van der Waals surface area contributed by atoms with Gasteiger partial charge < -0.3 is 13.8 Å². The van der Waals surface area contributed by atoms with E-state index < -0.39 is 0 Å². The van der Waals surface area contributed by atoms with Crippen LogP contribution in [0, 0.1) is 0 Å². The summed E-state index contributed by atoms with van der Waals surface area (Å²) in [7, 11) is 0. The molecule has 0 atom stereocenters. The van der Waals surface area contributed by atoms with Crippen molar-refractivity contribution in [2.45, 2.75) is 148 Å². The molecule has 0 amide bonds. The predicted molar refractivity (Wildman–Crippen MR) is 327 cm³/mol. The van der Waals surface area contributed by atoms with Gasteiger partial charge in [0, 0.05) is 75.8 Å². The van der Waals surface area contributed by atoms with Gasteiger partial charge in [0.15, 0.2) is 0 Å². The van der Waals surface area contributed by atoms with Crippen molar-refractivity contribution in [1.29, 1.82) is 0 Å². The number of hydrogen-bond donors (Lipinski definition) is 0. The lowest BCUT2D eigenvalue weighted by Crippen LogP contribution is -2.60. The summed E-state index contributed by atoms with van der Waals surface area (Å²) in [6.45, 7) is 31.7. The monoisotopic (exact) mass is 1010 g/mol. The number of furan rings is 1. The Bertz CT molecular complexity index is 4480. The van der Waals surface area contributed by atoms with Crippen LogP contribution in [0.25, 0.3) is 91.9 Å². The van der Waals surface area contributed by atoms with Crippen LogP contribution in [0.15, 0.2) is 126 Å². The van der Waals surface area contributed by atoms with Gasteiger partial charge in [0.05, 0.1) is 11.0 Å². The standard InChI is InChI=1S/C71H67BN2OS/c1-66(2,3)38-22-24-39(25-23-38)74-54-33-44-43-30-48-51(70(10,11)29-27-67(48,4)5)36-59(43)76-58(44)34-46(54)61-60-41-19-14-16-20-47(41)71(12,13)63(60)62-45-31-49-50(69(8,9)28-26-68(49,6)7)35-53(45)73-55-37-57-42(40-18-15-17-21-56(40)75-57)32-52(55)72(74)64(61)65(62)73/h14-25,30-37H,26-29H2,1-13H3. The molecule has 0 spiro atoms. The number of aromatic nitrogens is 1. The number of benzene rings is 8. The summed E-state index contributed by atoms with van der Waals surface area (Å²) in [5.74, 6) is 0. The van der Waals surface area contributed by atoms with Gasteiger partial charge in [-0.25, -0.2) is 0 Å². The van der Waals surface area contributed by atoms with Crippen LogP contribution in [0.1, 0.15) is 155 Å². The number of thiophene rings is 1. The van der Waals surface area contributed by atoms with Crippen LogP contribution < -0.4 is 15.7 Å². The Morgan fingerprint density at radius 3 is 1.82 bits per heavy atom. The molecule has 0 saturated carbocycles. The van der Waals surface area contributed by atoms with Gasteiger partial charge >= 0.3 is 6.85 Å². The quantitative estimate of drug-likeness (QED) is 0.153. The van der Waals surface area contributed by atoms with Crippen LogP contribution in [-0.2, 0) is 32.5 Å². The summed E-state index contributed by atoms with van der Waals surface area (Å²) < 4.78 is 12.4. The van der Waals surface area contributed by atoms with E-state index >= 15 is 0 Å². The van der Waals surface area contributed by atoms with Crippen LogP contribution >= 0.6 is 11.3 Å². The highest BCUT2D eigenvalue weighted by molar-refractivity contribution is 7.25. The number of hydrogen-bond acceptors (Lipinski definition) is 3. The van der Waals surface area contributed by atoms with E-state index in [4.69, 9.17) is 4.42 Å². The molecule has 376 valence electrons. The van der Waals surface area contributed by atoms with Crippen molar-refractivity contribution >= 4 is 104 Å². The van der Waals surface area contributed by atoms with Crippen molar-refractivity contribution in [1.82, 2.24) is 4.57 Å². The molecule has 0 N–H and O–H groups in total. The second-order valence-corrected chi connectivity index (χ2v) is 29.2. The Hall–Kier alpha value is -6.56. The number of para-hydroxylation sites is 1. The average molecular weight is 1010 g/mol. The Labute approximate surface area is 452 Å². The summed E-state index contributed by atoms with van der Waals surface area (Å²) >= 11 is 2.00. The van der Waals surface area contributed by atoms with Crippen LogP contribution in [-0.4, -0.2) is 11.4 Å². The minimum absolute atomic E-state index is 0.00962. The van der Waals surface area contributed by atoms with Crippen LogP contribution in [0.5, 0.6) is 0 Å². The smallest absolute Gasteiger partial charge is 0.333 e. The lowest BCUT2D eigenvalue weighted by Gasteiger charge is -2.43. The van der Waals surface area contributed by atoms with E-state index in [0.29, 0.717) is 0 Å². The zero-order valence-electron chi connectivity index (χ0n) is 46.7. The van der Waals surface area contributed by atoms with E-state index in [9.17, 15) is 0 Å². The number of nitrogens with zero attached hydrogens (tertiary/aromatic N) is 2. The molecule has 76 heavy (non-hydrogen) atoms. The van der Waals surface area contributed by atoms with Crippen molar-refractivity contribution in [3.63, 3.8) is 0 Å². The third-order valence-corrected chi connectivity index (χ3v) is 21.5. The molecule has 0 radical (unpaired) electrons. The fourth-order valence-electron chi connectivity index (χ4n) is 15.9. The van der Waals surface area contributed by atoms with Gasteiger partial charge in [-0.3, -0.25) is 0 Å². The highest BCUT2D eigenvalue weighted by Gasteiger charge is 2.51. The van der Waals surface area contributed by atoms with Crippen molar-refractivity contribution in [3.05, 3.63) is 160 Å². The molecule has 0 fully saturated rings. The summed E-state index contributed by atoms with van der Waals surface area (Å²) in [5, 5.41) is 7.86. The van der Waals surface area contributed by atoms with Crippen LogP contribution in [0.2, 0.25) is 0 Å². The molecule has 5 heterocycles. The average Bonchev–Trinajstić information content (AvgIpc) is 4.02. The summed E-state index contributed by atoms with van der Waals surface area (Å²) in [5.41, 5.74) is 26.8. The molecular formula is C71H67BN2OS. The normalized spacial score (nSPS) is 18.9. The van der Waals surface area contributed by atoms with E-state index in [2.05, 4.69) is 221 Å². The highest BCUT2D eigenvalue weighted by Crippen LogP contribution is 2.61. The fraction of sp³-hybridized carbons (Fsp3) is 0.324. The molecular weight excluding hydrogens is 940 g/mol. The lowest BCUT2D eigenvalue weighted by molar-refractivity contribution is 0.332. The van der Waals surface area contributed by atoms with E-state index in [0.717, 1.165) is 23.0 Å². The van der Waals surface area contributed by atoms with Gasteiger partial charge in [0.2, 0.25) is 0 Å². The fourth-order valence-corrected chi connectivity index (χ4v) is 17.0. The van der Waals surface area contributed by atoms with Crippen LogP contribution in [0.4, 0.5) is 11.4 Å². The molecule has 11 aromatic rings. The first-order chi connectivity index (χ1) is 36.0. The Morgan fingerprint density at radius 2 is 1.12 bits per heavy atom. The largest absolute Gasteiger partial charge is 0.456 e. The first kappa shape index (κ1) is 45.6. The molecule has 3 nitrogen and oxygen atoms in total. The molecule has 3 aromatic heterocycles. The molecule has 3 aliphatic carbocycles. The molecule has 2 aliphatic heterocycles. The zero-order chi connectivity index (χ0) is 52.3. The Morgan fingerprint density at radius 1 is 0.513 bits per heavy atom. The minimum Gasteiger partial charge on any atom is -0.456 e. The lowest BCUT2D eigenvalue weighted by atomic mass is 9.43. The van der Waals surface area contributed by atoms with Gasteiger partial charge in [0.1, 0.15) is 11.2 Å². The van der Waals surface area contributed by atoms with Crippen molar-refractivity contribution in [2.24, 2.45) is 0 Å². The summed E-state index contributed by atoms with van der Waals surface area (Å²) in [6.07, 6.45) is 4.72. The Kier molecular flexibility index (Phi) is 8.48. The van der Waals surface area contributed by atoms with Crippen molar-refractivity contribution in [3.8, 4) is 27.9 Å². The predicted octanol–water partition coefficient (Wildman–Crippen LogP) is 18.6. The van der Waals surface area contributed by atoms with E-state index in [1.165, 1.54) is 156 Å². The number of anilines is 2. The van der Waals surface area contributed by atoms with Crippen molar-refractivity contribution < 1.29 is 4.42 Å². The van der Waals surface area contributed by atoms with E-state index in [1.54, 1.807) is 0 Å². The highest BCUT2D eigenvalue weighted by atomic mass is 32.1. The maximum absolute atomic E-state index is 6.93. The van der Waals surface area contributed by atoms with E-state index in [-0.39, 0.29) is 39.3 Å². The van der Waals surface area contributed by atoms with Gasteiger partial charge in [-0.15, -0.1) is 11.3 Å². The number of fused-ring (bicyclic) bond motifs is 21. The maximum Gasteiger partial charge on any atom is 0.333 e. The topological polar surface area (TPSA) is 21.3 Å². The minimum atomic E-state index is -0.274. The van der Waals surface area contributed by atoms with Gasteiger partial charge in [-0.2, -0.15) is 0 Å². The second-order valence-electron chi connectivity index (χ2n) is 28.2. The zero-order valence-corrected chi connectivity index (χ0v) is 47.5. The molecule has 0 bridgehead atoms. The molecule has 5 heteroatoms. The Balaban J connectivity index is 1.14. The second kappa shape index (κ2) is 14.1. The molecule has 8 aromatic carbocycles. The molecule has 0 saturated heterocycles. The van der Waals surface area contributed by atoms with Crippen molar-refractivity contribution in [2.75, 3.05) is 4.81 Å². The number of rotatable bonds is 1. The SMILES string of the molecule is CC(C)(C)c1ccc(N2B3c4cc5c(cc4-n4c6cc7c(cc6c6c8c(c(c3c64)-c3cc4sc6cc9c(cc6c4cc32)C(C)(C)CCC9(C)C)-c2ccccc2C8(C)C)C(C)(C)CCC7(C)C)oc2ccccc25)cc1. The first-order valence-electron chi connectivity index (χ1n) is 28.3. The van der Waals surface area contributed by atoms with Crippen LogP contribution in [0.3, 0.4) is 0 Å². The molecule has 5 aliphatic rings. The summed E-state index contributed by atoms with van der Waals surface area (Å²) in [4.78, 5) is 2.78. The third kappa shape index (κ3) is 5.66. The maximum atomic E-state index is 6.93. The van der Waals surface area contributed by atoms with Gasteiger partial charge in [-0.05, 0) is 174 Å².